The number of hydrogen-bond acceptors (Lipinski definition) is 6. The molecule has 164 valence electrons. The average molecular weight is 427 g/mol. The molecule has 2 heterocycles. The van der Waals surface area contributed by atoms with Crippen LogP contribution in [0.5, 0.6) is 23.0 Å². The second kappa shape index (κ2) is 9.03. The van der Waals surface area contributed by atoms with E-state index in [0.29, 0.717) is 49.1 Å². The van der Waals surface area contributed by atoms with Crippen molar-refractivity contribution >= 4 is 17.6 Å². The molecule has 2 aromatic carbocycles. The number of benzene rings is 2. The van der Waals surface area contributed by atoms with Crippen LogP contribution >= 0.6 is 0 Å². The number of urea groups is 1. The Morgan fingerprint density at radius 2 is 1.84 bits per heavy atom. The summed E-state index contributed by atoms with van der Waals surface area (Å²) in [7, 11) is 3.17. The van der Waals surface area contributed by atoms with Gasteiger partial charge in [-0.25, -0.2) is 4.79 Å². The predicted octanol–water partition coefficient (Wildman–Crippen LogP) is 2.03. The van der Waals surface area contributed by atoms with Crippen LogP contribution in [0, 0.1) is 0 Å². The molecule has 1 fully saturated rings. The number of hydrogen-bond donors (Lipinski definition) is 1. The van der Waals surface area contributed by atoms with Crippen molar-refractivity contribution in [2.24, 2.45) is 0 Å². The van der Waals surface area contributed by atoms with Crippen molar-refractivity contribution in [2.45, 2.75) is 6.42 Å². The second-order valence-corrected chi connectivity index (χ2v) is 7.18. The van der Waals surface area contributed by atoms with Gasteiger partial charge in [0.05, 0.1) is 14.2 Å². The van der Waals surface area contributed by atoms with Crippen molar-refractivity contribution in [2.75, 3.05) is 52.1 Å². The Balaban J connectivity index is 1.27. The molecule has 2 aliphatic rings. The summed E-state index contributed by atoms with van der Waals surface area (Å²) in [6.45, 7) is 1.66. The summed E-state index contributed by atoms with van der Waals surface area (Å²) in [5, 5.41) is 2.87. The van der Waals surface area contributed by atoms with Gasteiger partial charge in [-0.1, -0.05) is 6.07 Å². The smallest absolute Gasteiger partial charge is 0.325 e. The van der Waals surface area contributed by atoms with Gasteiger partial charge in [0.25, 0.3) is 0 Å². The molecule has 0 aliphatic carbocycles. The molecular formula is C22H25N3O6. The van der Waals surface area contributed by atoms with E-state index in [9.17, 15) is 9.59 Å². The van der Waals surface area contributed by atoms with Crippen LogP contribution in [-0.2, 0) is 11.2 Å². The van der Waals surface area contributed by atoms with Crippen molar-refractivity contribution in [1.82, 2.24) is 10.2 Å². The van der Waals surface area contributed by atoms with Crippen molar-refractivity contribution in [1.29, 1.82) is 0 Å². The zero-order chi connectivity index (χ0) is 21.8. The first-order valence-electron chi connectivity index (χ1n) is 10.0. The van der Waals surface area contributed by atoms with Crippen molar-refractivity contribution in [3.63, 3.8) is 0 Å². The highest BCUT2D eigenvalue weighted by Crippen LogP contribution is 2.36. The van der Waals surface area contributed by atoms with Crippen LogP contribution in [0.3, 0.4) is 0 Å². The Kier molecular flexibility index (Phi) is 6.01. The summed E-state index contributed by atoms with van der Waals surface area (Å²) >= 11 is 0. The van der Waals surface area contributed by atoms with E-state index in [1.54, 1.807) is 31.3 Å². The second-order valence-electron chi connectivity index (χ2n) is 7.18. The fourth-order valence-electron chi connectivity index (χ4n) is 3.63. The first-order chi connectivity index (χ1) is 15.1. The molecule has 3 amide bonds. The highest BCUT2D eigenvalue weighted by molar-refractivity contribution is 5.96. The molecule has 31 heavy (non-hydrogen) atoms. The topological polar surface area (TPSA) is 89.6 Å². The molecule has 2 aliphatic heterocycles. The average Bonchev–Trinajstić information content (AvgIpc) is 3.39. The summed E-state index contributed by atoms with van der Waals surface area (Å²) in [6, 6.07) is 10.8. The summed E-state index contributed by atoms with van der Waals surface area (Å²) < 4.78 is 21.2. The Labute approximate surface area is 180 Å². The van der Waals surface area contributed by atoms with E-state index in [1.165, 1.54) is 4.90 Å². The van der Waals surface area contributed by atoms with Gasteiger partial charge in [0, 0.05) is 31.4 Å². The Bertz CT molecular complexity index is 980. The molecule has 0 unspecified atom stereocenters. The molecule has 0 atom stereocenters. The van der Waals surface area contributed by atoms with E-state index in [4.69, 9.17) is 18.9 Å². The molecule has 0 aromatic heterocycles. The van der Waals surface area contributed by atoms with E-state index < -0.39 is 0 Å². The number of carbonyl (C=O) groups excluding carboxylic acids is 2. The van der Waals surface area contributed by atoms with E-state index >= 15 is 0 Å². The fraction of sp³-hybridized carbons (Fsp3) is 0.364. The summed E-state index contributed by atoms with van der Waals surface area (Å²) in [5.41, 5.74) is 1.75. The molecular weight excluding hydrogens is 402 g/mol. The quantitative estimate of drug-likeness (QED) is 0.694. The molecule has 0 bridgehead atoms. The predicted molar refractivity (Wildman–Crippen MR) is 113 cm³/mol. The SMILES string of the molecule is COc1ccc(CCNC(=O)CN2CCN(c3ccc4c(c3)OCO4)C2=O)cc1OC. The minimum absolute atomic E-state index is 0.0197. The van der Waals surface area contributed by atoms with E-state index in [2.05, 4.69) is 5.32 Å². The normalized spacial score (nSPS) is 14.7. The monoisotopic (exact) mass is 427 g/mol. The zero-order valence-corrected chi connectivity index (χ0v) is 17.6. The first-order valence-corrected chi connectivity index (χ1v) is 10.0. The van der Waals surface area contributed by atoms with E-state index in [1.807, 2.05) is 24.3 Å². The maximum absolute atomic E-state index is 12.7. The van der Waals surface area contributed by atoms with Crippen molar-refractivity contribution in [3.05, 3.63) is 42.0 Å². The van der Waals surface area contributed by atoms with Gasteiger partial charge >= 0.3 is 6.03 Å². The van der Waals surface area contributed by atoms with Crippen LogP contribution in [0.2, 0.25) is 0 Å². The van der Waals surface area contributed by atoms with Crippen LogP contribution in [0.1, 0.15) is 5.56 Å². The molecule has 4 rings (SSSR count). The number of nitrogens with zero attached hydrogens (tertiary/aromatic N) is 2. The van der Waals surface area contributed by atoms with Crippen molar-refractivity contribution in [3.8, 4) is 23.0 Å². The highest BCUT2D eigenvalue weighted by Gasteiger charge is 2.31. The third kappa shape index (κ3) is 4.45. The lowest BCUT2D eigenvalue weighted by atomic mass is 10.1. The van der Waals surface area contributed by atoms with E-state index in [-0.39, 0.29) is 25.3 Å². The number of nitrogens with one attached hydrogen (secondary N) is 1. The lowest BCUT2D eigenvalue weighted by Gasteiger charge is -2.18. The van der Waals surface area contributed by atoms with E-state index in [0.717, 1.165) is 11.3 Å². The molecule has 0 radical (unpaired) electrons. The molecule has 9 heteroatoms. The van der Waals surface area contributed by atoms with Gasteiger partial charge < -0.3 is 29.2 Å². The maximum Gasteiger partial charge on any atom is 0.325 e. The lowest BCUT2D eigenvalue weighted by Crippen LogP contribution is -2.40. The fourth-order valence-corrected chi connectivity index (χ4v) is 3.63. The number of carbonyl (C=O) groups is 2. The van der Waals surface area contributed by atoms with Gasteiger partial charge in [-0.15, -0.1) is 0 Å². The van der Waals surface area contributed by atoms with Crippen molar-refractivity contribution < 1.29 is 28.5 Å². The van der Waals surface area contributed by atoms with Gasteiger partial charge in [-0.2, -0.15) is 0 Å². The molecule has 0 spiro atoms. The van der Waals surface area contributed by atoms with Crippen LogP contribution in [0.15, 0.2) is 36.4 Å². The maximum atomic E-state index is 12.7. The first kappa shape index (κ1) is 20.6. The van der Waals surface area contributed by atoms with Crippen LogP contribution in [0.4, 0.5) is 10.5 Å². The Morgan fingerprint density at radius 3 is 2.65 bits per heavy atom. The third-order valence-corrected chi connectivity index (χ3v) is 5.28. The Morgan fingerprint density at radius 1 is 1.03 bits per heavy atom. The van der Waals surface area contributed by atoms with Gasteiger partial charge in [0.2, 0.25) is 12.7 Å². The lowest BCUT2D eigenvalue weighted by molar-refractivity contribution is -0.121. The zero-order valence-electron chi connectivity index (χ0n) is 17.6. The third-order valence-electron chi connectivity index (χ3n) is 5.28. The summed E-state index contributed by atoms with van der Waals surface area (Å²) in [6.07, 6.45) is 0.642. The number of ether oxygens (including phenoxy) is 4. The number of rotatable bonds is 8. The molecule has 1 saturated heterocycles. The molecule has 1 N–H and O–H groups in total. The molecule has 0 saturated carbocycles. The highest BCUT2D eigenvalue weighted by atomic mass is 16.7. The van der Waals surface area contributed by atoms with Gasteiger partial charge in [-0.05, 0) is 36.2 Å². The largest absolute Gasteiger partial charge is 0.493 e. The minimum Gasteiger partial charge on any atom is -0.493 e. The standard InChI is InChI=1S/C22H25N3O6/c1-28-17-5-3-15(11-19(17)29-2)7-8-23-21(26)13-24-9-10-25(22(24)27)16-4-6-18-20(12-16)31-14-30-18/h3-6,11-12H,7-10,13-14H2,1-2H3,(H,23,26). The van der Waals surface area contributed by atoms with Crippen LogP contribution in [0.25, 0.3) is 0 Å². The number of fused-ring (bicyclic) bond motifs is 1. The number of anilines is 1. The summed E-state index contributed by atoms with van der Waals surface area (Å²) in [5.74, 6) is 2.41. The minimum atomic E-state index is -0.200. The molecule has 9 nitrogen and oxygen atoms in total. The van der Waals surface area contributed by atoms with Gasteiger partial charge in [0.15, 0.2) is 23.0 Å². The number of methoxy groups -OCH3 is 2. The molecule has 2 aromatic rings. The van der Waals surface area contributed by atoms with Crippen LogP contribution < -0.4 is 29.2 Å². The van der Waals surface area contributed by atoms with Gasteiger partial charge in [0.1, 0.15) is 6.54 Å². The number of amides is 3. The van der Waals surface area contributed by atoms with Crippen LogP contribution in [-0.4, -0.2) is 64.0 Å². The Hall–Kier alpha value is -3.62. The van der Waals surface area contributed by atoms with Gasteiger partial charge in [-0.3, -0.25) is 9.69 Å². The summed E-state index contributed by atoms with van der Waals surface area (Å²) in [4.78, 5) is 28.3.